The van der Waals surface area contributed by atoms with E-state index in [-0.39, 0.29) is 11.9 Å². The number of benzene rings is 1. The van der Waals surface area contributed by atoms with Gasteiger partial charge in [-0.2, -0.15) is 0 Å². The van der Waals surface area contributed by atoms with Gasteiger partial charge < -0.3 is 10.2 Å². The fourth-order valence-electron chi connectivity index (χ4n) is 4.04. The number of carbonyl (C=O) groups excluding carboxylic acids is 1. The maximum atomic E-state index is 12.7. The van der Waals surface area contributed by atoms with E-state index in [1.807, 2.05) is 54.7 Å². The fourth-order valence-corrected chi connectivity index (χ4v) is 4.04. The van der Waals surface area contributed by atoms with Crippen molar-refractivity contribution in [2.75, 3.05) is 19.6 Å². The van der Waals surface area contributed by atoms with Crippen LogP contribution in [0.3, 0.4) is 0 Å². The van der Waals surface area contributed by atoms with Crippen LogP contribution in [0.4, 0.5) is 0 Å². The summed E-state index contributed by atoms with van der Waals surface area (Å²) < 4.78 is 0. The van der Waals surface area contributed by atoms with E-state index in [1.54, 1.807) is 0 Å². The van der Waals surface area contributed by atoms with Crippen LogP contribution < -0.4 is 5.32 Å². The zero-order chi connectivity index (χ0) is 19.1. The van der Waals surface area contributed by atoms with Gasteiger partial charge in [0.05, 0.1) is 18.2 Å². The number of hydrogen-bond acceptors (Lipinski definition) is 3. The molecule has 0 radical (unpaired) electrons. The zero-order valence-corrected chi connectivity index (χ0v) is 16.5. The van der Waals surface area contributed by atoms with Gasteiger partial charge in [0.25, 0.3) is 0 Å². The van der Waals surface area contributed by atoms with Gasteiger partial charge in [0.2, 0.25) is 5.91 Å². The summed E-state index contributed by atoms with van der Waals surface area (Å²) in [4.78, 5) is 19.9. The first-order valence-corrected chi connectivity index (χ1v) is 10.1. The van der Waals surface area contributed by atoms with Crippen LogP contribution in [0.1, 0.15) is 44.0 Å². The maximum absolute atomic E-state index is 12.7. The van der Waals surface area contributed by atoms with Gasteiger partial charge in [-0.3, -0.25) is 9.78 Å². The van der Waals surface area contributed by atoms with Crippen molar-refractivity contribution in [1.82, 2.24) is 15.2 Å². The van der Waals surface area contributed by atoms with Crippen molar-refractivity contribution in [2.24, 2.45) is 11.8 Å². The summed E-state index contributed by atoms with van der Waals surface area (Å²) >= 11 is 0. The molecule has 1 fully saturated rings. The van der Waals surface area contributed by atoms with Crippen LogP contribution in [0.15, 0.2) is 54.7 Å². The Hall–Kier alpha value is -2.20. The summed E-state index contributed by atoms with van der Waals surface area (Å²) in [6.07, 6.45) is 4.53. The third-order valence-electron chi connectivity index (χ3n) is 5.17. The summed E-state index contributed by atoms with van der Waals surface area (Å²) in [5.74, 6) is 1.12. The number of nitrogens with zero attached hydrogens (tertiary/aromatic N) is 2. The molecule has 4 nitrogen and oxygen atoms in total. The molecule has 0 aliphatic carbocycles. The molecule has 1 saturated heterocycles. The minimum Gasteiger partial charge on any atom is -0.347 e. The van der Waals surface area contributed by atoms with Gasteiger partial charge in [-0.15, -0.1) is 0 Å². The van der Waals surface area contributed by atoms with E-state index in [1.165, 1.54) is 6.42 Å². The van der Waals surface area contributed by atoms with Crippen LogP contribution in [-0.4, -0.2) is 35.4 Å². The predicted molar refractivity (Wildman–Crippen MR) is 109 cm³/mol. The molecule has 1 N–H and O–H groups in total. The van der Waals surface area contributed by atoms with E-state index < -0.39 is 0 Å². The molecule has 0 unspecified atom stereocenters. The molecule has 1 aromatic heterocycles. The standard InChI is InChI=1S/C23H31N3O/c1-18(2)16-26-14-8-11-20(17-26)23(21-12-6-7-13-24-21)25-22(27)15-19-9-4-3-5-10-19/h3-7,9-10,12-13,18,20,23H,8,11,14-17H2,1-2H3,(H,25,27)/t20-,23-/m0/s1. The average molecular weight is 366 g/mol. The van der Waals surface area contributed by atoms with E-state index in [0.29, 0.717) is 18.3 Å². The molecule has 1 aliphatic rings. The van der Waals surface area contributed by atoms with Crippen molar-refractivity contribution < 1.29 is 4.79 Å². The molecule has 1 aromatic carbocycles. The first kappa shape index (κ1) is 19.6. The third-order valence-corrected chi connectivity index (χ3v) is 5.17. The first-order chi connectivity index (χ1) is 13.1. The highest BCUT2D eigenvalue weighted by molar-refractivity contribution is 5.79. The number of amides is 1. The number of aromatic nitrogens is 1. The Morgan fingerprint density at radius 2 is 1.96 bits per heavy atom. The molecule has 27 heavy (non-hydrogen) atoms. The molecule has 4 heteroatoms. The van der Waals surface area contributed by atoms with Crippen molar-refractivity contribution in [1.29, 1.82) is 0 Å². The molecule has 2 atom stereocenters. The molecule has 0 bridgehead atoms. The van der Waals surface area contributed by atoms with Crippen molar-refractivity contribution in [3.05, 3.63) is 66.0 Å². The summed E-state index contributed by atoms with van der Waals surface area (Å²) in [6, 6.07) is 15.9. The molecule has 144 valence electrons. The monoisotopic (exact) mass is 365 g/mol. The van der Waals surface area contributed by atoms with Crippen LogP contribution >= 0.6 is 0 Å². The largest absolute Gasteiger partial charge is 0.347 e. The second-order valence-corrected chi connectivity index (χ2v) is 8.02. The minimum atomic E-state index is -0.0302. The number of nitrogens with one attached hydrogen (secondary N) is 1. The molecule has 2 aromatic rings. The second kappa shape index (κ2) is 9.65. The van der Waals surface area contributed by atoms with Gasteiger partial charge in [0, 0.05) is 19.3 Å². The average Bonchev–Trinajstić information content (AvgIpc) is 2.67. The van der Waals surface area contributed by atoms with Crippen LogP contribution in [0, 0.1) is 11.8 Å². The number of rotatable bonds is 7. The number of piperidine rings is 1. The summed E-state index contributed by atoms with van der Waals surface area (Å²) in [6.45, 7) is 7.82. The summed E-state index contributed by atoms with van der Waals surface area (Å²) in [5.41, 5.74) is 2.01. The normalized spacial score (nSPS) is 19.0. The van der Waals surface area contributed by atoms with Crippen LogP contribution in [0.2, 0.25) is 0 Å². The van der Waals surface area contributed by atoms with Gasteiger partial charge in [-0.05, 0) is 48.9 Å². The van der Waals surface area contributed by atoms with E-state index in [0.717, 1.165) is 37.3 Å². The molecular formula is C23H31N3O. The Morgan fingerprint density at radius 3 is 2.67 bits per heavy atom. The highest BCUT2D eigenvalue weighted by Crippen LogP contribution is 2.29. The minimum absolute atomic E-state index is 0.0302. The highest BCUT2D eigenvalue weighted by Gasteiger charge is 2.30. The molecule has 0 spiro atoms. The topological polar surface area (TPSA) is 45.2 Å². The van der Waals surface area contributed by atoms with Crippen LogP contribution in [-0.2, 0) is 11.2 Å². The van der Waals surface area contributed by atoms with Gasteiger partial charge >= 0.3 is 0 Å². The summed E-state index contributed by atoms with van der Waals surface area (Å²) in [5, 5.41) is 3.30. The highest BCUT2D eigenvalue weighted by atomic mass is 16.1. The molecule has 0 saturated carbocycles. The van der Waals surface area contributed by atoms with Crippen molar-refractivity contribution in [3.63, 3.8) is 0 Å². The van der Waals surface area contributed by atoms with E-state index in [4.69, 9.17) is 0 Å². The SMILES string of the molecule is CC(C)CN1CCC[C@H]([C@H](NC(=O)Cc2ccccc2)c2ccccn2)C1. The lowest BCUT2D eigenvalue weighted by Gasteiger charge is -2.37. The second-order valence-electron chi connectivity index (χ2n) is 8.02. The zero-order valence-electron chi connectivity index (χ0n) is 16.5. The van der Waals surface area contributed by atoms with E-state index in [2.05, 4.69) is 29.0 Å². The molecule has 1 aliphatic heterocycles. The Balaban J connectivity index is 1.72. The smallest absolute Gasteiger partial charge is 0.224 e. The lowest BCUT2D eigenvalue weighted by atomic mass is 9.88. The predicted octanol–water partition coefficient (Wildman–Crippen LogP) is 3.85. The third kappa shape index (κ3) is 5.90. The van der Waals surface area contributed by atoms with Crippen LogP contribution in [0.25, 0.3) is 0 Å². The quantitative estimate of drug-likeness (QED) is 0.811. The first-order valence-electron chi connectivity index (χ1n) is 10.1. The van der Waals surface area contributed by atoms with Gasteiger partial charge in [0.1, 0.15) is 0 Å². The number of carbonyl (C=O) groups is 1. The molecule has 3 rings (SSSR count). The van der Waals surface area contributed by atoms with Gasteiger partial charge in [-0.1, -0.05) is 50.2 Å². The van der Waals surface area contributed by atoms with Gasteiger partial charge in [0.15, 0.2) is 0 Å². The van der Waals surface area contributed by atoms with Gasteiger partial charge in [-0.25, -0.2) is 0 Å². The van der Waals surface area contributed by atoms with Crippen molar-refractivity contribution in [2.45, 2.75) is 39.2 Å². The summed E-state index contributed by atoms with van der Waals surface area (Å²) in [7, 11) is 0. The van der Waals surface area contributed by atoms with Crippen molar-refractivity contribution >= 4 is 5.91 Å². The molecule has 2 heterocycles. The lowest BCUT2D eigenvalue weighted by molar-refractivity contribution is -0.121. The molecular weight excluding hydrogens is 334 g/mol. The Bertz CT molecular complexity index is 702. The number of likely N-dealkylation sites (tertiary alicyclic amines) is 1. The molecule has 1 amide bonds. The Kier molecular flexibility index (Phi) is 6.99. The number of hydrogen-bond donors (Lipinski definition) is 1. The maximum Gasteiger partial charge on any atom is 0.224 e. The number of pyridine rings is 1. The van der Waals surface area contributed by atoms with E-state index in [9.17, 15) is 4.79 Å². The Labute approximate surface area is 163 Å². The van der Waals surface area contributed by atoms with Crippen LogP contribution in [0.5, 0.6) is 0 Å². The van der Waals surface area contributed by atoms with E-state index >= 15 is 0 Å². The fraction of sp³-hybridized carbons (Fsp3) is 0.478. The lowest BCUT2D eigenvalue weighted by Crippen LogP contribution is -2.44. The van der Waals surface area contributed by atoms with Crippen molar-refractivity contribution in [3.8, 4) is 0 Å². The Morgan fingerprint density at radius 1 is 1.19 bits per heavy atom.